The number of hydroxylamine groups is 2. The van der Waals surface area contributed by atoms with Gasteiger partial charge in [0.1, 0.15) is 0 Å². The SMILES string of the molecule is CCN(C)CC(C)N(C)C.CCN(O)CC(C)N(C)C. The lowest BCUT2D eigenvalue weighted by atomic mass is 10.3. The molecule has 0 amide bonds. The summed E-state index contributed by atoms with van der Waals surface area (Å²) in [5.74, 6) is 0. The van der Waals surface area contributed by atoms with E-state index in [-0.39, 0.29) is 0 Å². The van der Waals surface area contributed by atoms with Gasteiger partial charge in [-0.15, -0.1) is 0 Å². The lowest BCUT2D eigenvalue weighted by Crippen LogP contribution is -2.36. The fourth-order valence-electron chi connectivity index (χ4n) is 1.34. The smallest absolute Gasteiger partial charge is 0.0391 e. The number of hydrogen-bond acceptors (Lipinski definition) is 5. The van der Waals surface area contributed by atoms with Crippen molar-refractivity contribution in [3.05, 3.63) is 0 Å². The molecule has 20 heavy (non-hydrogen) atoms. The van der Waals surface area contributed by atoms with Crippen molar-refractivity contribution < 1.29 is 5.21 Å². The highest BCUT2D eigenvalue weighted by Crippen LogP contribution is 1.94. The van der Waals surface area contributed by atoms with Crippen LogP contribution in [0.25, 0.3) is 0 Å². The first-order valence-corrected chi connectivity index (χ1v) is 7.60. The third-order valence-electron chi connectivity index (χ3n) is 3.72. The lowest BCUT2D eigenvalue weighted by Gasteiger charge is -2.24. The van der Waals surface area contributed by atoms with Gasteiger partial charge >= 0.3 is 0 Å². The van der Waals surface area contributed by atoms with E-state index in [9.17, 15) is 0 Å². The van der Waals surface area contributed by atoms with Crippen molar-refractivity contribution in [3.8, 4) is 0 Å². The second-order valence-corrected chi connectivity index (χ2v) is 5.99. The molecule has 0 bridgehead atoms. The molecule has 5 heteroatoms. The van der Waals surface area contributed by atoms with Gasteiger partial charge < -0.3 is 19.9 Å². The summed E-state index contributed by atoms with van der Waals surface area (Å²) in [5.41, 5.74) is 0. The molecule has 0 heterocycles. The van der Waals surface area contributed by atoms with Gasteiger partial charge in [-0.1, -0.05) is 13.8 Å². The van der Waals surface area contributed by atoms with E-state index in [2.05, 4.69) is 56.6 Å². The summed E-state index contributed by atoms with van der Waals surface area (Å²) in [4.78, 5) is 6.65. The molecule has 5 nitrogen and oxygen atoms in total. The van der Waals surface area contributed by atoms with Crippen LogP contribution in [0.15, 0.2) is 0 Å². The molecule has 1 N–H and O–H groups in total. The molecule has 0 aliphatic carbocycles. The summed E-state index contributed by atoms with van der Waals surface area (Å²) in [6.45, 7) is 12.1. The summed E-state index contributed by atoms with van der Waals surface area (Å²) in [6.07, 6.45) is 0. The van der Waals surface area contributed by atoms with E-state index in [1.54, 1.807) is 0 Å². The normalized spacial score (nSPS) is 14.7. The Balaban J connectivity index is 0. The van der Waals surface area contributed by atoms with E-state index in [4.69, 9.17) is 5.21 Å². The van der Waals surface area contributed by atoms with Crippen LogP contribution in [-0.2, 0) is 0 Å². The number of nitrogens with zero attached hydrogens (tertiary/aromatic N) is 4. The maximum atomic E-state index is 9.08. The summed E-state index contributed by atoms with van der Waals surface area (Å²) < 4.78 is 0. The minimum absolute atomic E-state index is 0.407. The van der Waals surface area contributed by atoms with E-state index in [0.29, 0.717) is 25.2 Å². The molecule has 0 spiro atoms. The Morgan fingerprint density at radius 3 is 1.45 bits per heavy atom. The molecule has 0 aromatic carbocycles. The maximum absolute atomic E-state index is 9.08. The van der Waals surface area contributed by atoms with Crippen molar-refractivity contribution in [2.75, 3.05) is 61.4 Å². The Kier molecular flexibility index (Phi) is 13.8. The monoisotopic (exact) mass is 290 g/mol. The van der Waals surface area contributed by atoms with Crippen LogP contribution in [0.5, 0.6) is 0 Å². The van der Waals surface area contributed by atoms with Gasteiger partial charge in [-0.25, -0.2) is 0 Å². The zero-order valence-corrected chi connectivity index (χ0v) is 15.2. The maximum Gasteiger partial charge on any atom is 0.0391 e. The average Bonchev–Trinajstić information content (AvgIpc) is 2.38. The molecular formula is C15H38N4O. The Hall–Kier alpha value is -0.200. The van der Waals surface area contributed by atoms with Gasteiger partial charge in [0.05, 0.1) is 0 Å². The molecule has 0 aromatic rings. The molecular weight excluding hydrogens is 252 g/mol. The first kappa shape index (κ1) is 22.1. The fraction of sp³-hybridized carbons (Fsp3) is 1.00. The Bertz CT molecular complexity index is 190. The molecule has 0 aromatic heterocycles. The van der Waals surface area contributed by atoms with Gasteiger partial charge in [-0.3, -0.25) is 0 Å². The quantitative estimate of drug-likeness (QED) is 0.686. The van der Waals surface area contributed by atoms with Crippen LogP contribution in [0.1, 0.15) is 27.7 Å². The molecule has 124 valence electrons. The minimum Gasteiger partial charge on any atom is -0.314 e. The van der Waals surface area contributed by atoms with Gasteiger partial charge in [0.25, 0.3) is 0 Å². The summed E-state index contributed by atoms with van der Waals surface area (Å²) in [7, 11) is 10.4. The molecule has 0 fully saturated rings. The predicted molar refractivity (Wildman–Crippen MR) is 88.5 cm³/mol. The van der Waals surface area contributed by atoms with E-state index < -0.39 is 0 Å². The lowest BCUT2D eigenvalue weighted by molar-refractivity contribution is -0.0971. The molecule has 0 saturated heterocycles. The van der Waals surface area contributed by atoms with Crippen molar-refractivity contribution in [3.63, 3.8) is 0 Å². The van der Waals surface area contributed by atoms with Crippen LogP contribution in [0, 0.1) is 0 Å². The van der Waals surface area contributed by atoms with Gasteiger partial charge in [0, 0.05) is 31.7 Å². The average molecular weight is 290 g/mol. The van der Waals surface area contributed by atoms with E-state index in [0.717, 1.165) is 13.1 Å². The number of hydrogen-bond donors (Lipinski definition) is 1. The standard InChI is InChI=1S/C8H20N2.C7H18N2O/c1-6-10(5)7-8(2)9(3)4;1-5-9(10)6-7(2)8(3)4/h8H,6-7H2,1-5H3;7,10H,5-6H2,1-4H3. The van der Waals surface area contributed by atoms with Gasteiger partial charge in [-0.05, 0) is 55.6 Å². The third kappa shape index (κ3) is 12.8. The van der Waals surface area contributed by atoms with E-state index >= 15 is 0 Å². The van der Waals surface area contributed by atoms with Crippen molar-refractivity contribution in [1.82, 2.24) is 19.8 Å². The second kappa shape index (κ2) is 12.5. The van der Waals surface area contributed by atoms with Crippen LogP contribution in [-0.4, -0.2) is 98.5 Å². The summed E-state index contributed by atoms with van der Waals surface area (Å²) in [5, 5.41) is 10.4. The number of rotatable bonds is 8. The van der Waals surface area contributed by atoms with Crippen molar-refractivity contribution in [1.29, 1.82) is 0 Å². The minimum atomic E-state index is 0.407. The Morgan fingerprint density at radius 1 is 0.750 bits per heavy atom. The summed E-state index contributed by atoms with van der Waals surface area (Å²) >= 11 is 0. The summed E-state index contributed by atoms with van der Waals surface area (Å²) in [6, 6.07) is 1.06. The second-order valence-electron chi connectivity index (χ2n) is 5.99. The van der Waals surface area contributed by atoms with E-state index in [1.165, 1.54) is 5.06 Å². The fourth-order valence-corrected chi connectivity index (χ4v) is 1.34. The Labute approximate surface area is 127 Å². The highest BCUT2D eigenvalue weighted by atomic mass is 16.5. The highest BCUT2D eigenvalue weighted by molar-refractivity contribution is 4.62. The Morgan fingerprint density at radius 2 is 1.15 bits per heavy atom. The molecule has 0 aliphatic heterocycles. The largest absolute Gasteiger partial charge is 0.314 e. The predicted octanol–water partition coefficient (Wildman–Crippen LogP) is 1.54. The van der Waals surface area contributed by atoms with Crippen LogP contribution in [0.2, 0.25) is 0 Å². The number of likely N-dealkylation sites (N-methyl/N-ethyl adjacent to an activating group) is 4. The van der Waals surface area contributed by atoms with Crippen LogP contribution < -0.4 is 0 Å². The van der Waals surface area contributed by atoms with Crippen LogP contribution >= 0.6 is 0 Å². The molecule has 0 radical (unpaired) electrons. The van der Waals surface area contributed by atoms with E-state index in [1.807, 2.05) is 21.0 Å². The van der Waals surface area contributed by atoms with Crippen molar-refractivity contribution >= 4 is 0 Å². The van der Waals surface area contributed by atoms with Gasteiger partial charge in [0.15, 0.2) is 0 Å². The van der Waals surface area contributed by atoms with Crippen LogP contribution in [0.3, 0.4) is 0 Å². The van der Waals surface area contributed by atoms with Gasteiger partial charge in [-0.2, -0.15) is 5.06 Å². The zero-order valence-electron chi connectivity index (χ0n) is 15.2. The highest BCUT2D eigenvalue weighted by Gasteiger charge is 2.07. The van der Waals surface area contributed by atoms with Crippen LogP contribution in [0.4, 0.5) is 0 Å². The zero-order chi connectivity index (χ0) is 16.3. The third-order valence-corrected chi connectivity index (χ3v) is 3.72. The van der Waals surface area contributed by atoms with Crippen molar-refractivity contribution in [2.24, 2.45) is 0 Å². The topological polar surface area (TPSA) is 33.2 Å². The molecule has 0 saturated carbocycles. The molecule has 0 rings (SSSR count). The first-order valence-electron chi connectivity index (χ1n) is 7.60. The first-order chi connectivity index (χ1) is 9.15. The van der Waals surface area contributed by atoms with Gasteiger partial charge in [0.2, 0.25) is 0 Å². The molecule has 0 aliphatic rings. The van der Waals surface area contributed by atoms with Crippen molar-refractivity contribution in [2.45, 2.75) is 39.8 Å². The molecule has 2 atom stereocenters. The molecule has 2 unspecified atom stereocenters.